The first-order chi connectivity index (χ1) is 6.83. The van der Waals surface area contributed by atoms with Gasteiger partial charge in [-0.15, -0.1) is 0 Å². The van der Waals surface area contributed by atoms with Crippen molar-refractivity contribution in [2.45, 2.75) is 64.4 Å². The van der Waals surface area contributed by atoms with Crippen molar-refractivity contribution in [3.63, 3.8) is 0 Å². The van der Waals surface area contributed by atoms with E-state index in [0.717, 1.165) is 18.8 Å². The zero-order valence-corrected chi connectivity index (χ0v) is 9.41. The van der Waals surface area contributed by atoms with Crippen LogP contribution < -0.4 is 0 Å². The Morgan fingerprint density at radius 1 is 1.29 bits per heavy atom. The third kappa shape index (κ3) is 4.80. The molecule has 0 aliphatic heterocycles. The fraction of sp³-hybridized carbons (Fsp3) is 0.846. The predicted octanol–water partition coefficient (Wildman–Crippen LogP) is 3.67. The smallest absolute Gasteiger partial charge is 0.0721 e. The first-order valence-corrected chi connectivity index (χ1v) is 6.19. The van der Waals surface area contributed by atoms with Gasteiger partial charge in [-0.1, -0.05) is 51.2 Å². The Bertz CT molecular complexity index is 157. The topological polar surface area (TPSA) is 20.2 Å². The molecule has 0 heterocycles. The van der Waals surface area contributed by atoms with Crippen LogP contribution in [0, 0.1) is 5.92 Å². The molecule has 1 unspecified atom stereocenters. The van der Waals surface area contributed by atoms with Crippen molar-refractivity contribution in [3.8, 4) is 0 Å². The van der Waals surface area contributed by atoms with E-state index in [1.165, 1.54) is 38.5 Å². The second-order valence-electron chi connectivity index (χ2n) is 4.49. The summed E-state index contributed by atoms with van der Waals surface area (Å²) in [7, 11) is 0. The molecule has 1 saturated carbocycles. The molecule has 1 rings (SSSR count). The molecule has 0 aromatic heterocycles. The highest BCUT2D eigenvalue weighted by Gasteiger charge is 2.11. The van der Waals surface area contributed by atoms with Crippen LogP contribution in [0.25, 0.3) is 0 Å². The van der Waals surface area contributed by atoms with Crippen LogP contribution in [0.1, 0.15) is 58.3 Å². The van der Waals surface area contributed by atoms with Crippen molar-refractivity contribution >= 4 is 0 Å². The van der Waals surface area contributed by atoms with E-state index in [0.29, 0.717) is 0 Å². The summed E-state index contributed by atoms with van der Waals surface area (Å²) in [6.07, 6.45) is 14.1. The van der Waals surface area contributed by atoms with Gasteiger partial charge in [-0.2, -0.15) is 0 Å². The van der Waals surface area contributed by atoms with Crippen LogP contribution in [-0.4, -0.2) is 11.2 Å². The fourth-order valence-corrected chi connectivity index (χ4v) is 2.13. The Balaban J connectivity index is 2.08. The number of rotatable bonds is 6. The number of unbranched alkanes of at least 4 members (excludes halogenated alkanes) is 2. The van der Waals surface area contributed by atoms with Crippen LogP contribution in [0.15, 0.2) is 12.2 Å². The fourth-order valence-electron chi connectivity index (χ4n) is 2.13. The Hall–Kier alpha value is -0.300. The highest BCUT2D eigenvalue weighted by Crippen LogP contribution is 2.25. The van der Waals surface area contributed by atoms with Crippen molar-refractivity contribution in [1.82, 2.24) is 0 Å². The van der Waals surface area contributed by atoms with Crippen LogP contribution in [0.2, 0.25) is 0 Å². The molecule has 1 N–H and O–H groups in total. The maximum absolute atomic E-state index is 9.65. The molecule has 0 bridgehead atoms. The monoisotopic (exact) mass is 196 g/mol. The van der Waals surface area contributed by atoms with E-state index in [1.54, 1.807) is 0 Å². The summed E-state index contributed by atoms with van der Waals surface area (Å²) in [5.74, 6) is 0.760. The number of aliphatic hydroxyl groups is 1. The average molecular weight is 196 g/mol. The van der Waals surface area contributed by atoms with E-state index in [9.17, 15) is 5.11 Å². The highest BCUT2D eigenvalue weighted by molar-refractivity contribution is 4.94. The minimum absolute atomic E-state index is 0.192. The predicted molar refractivity (Wildman–Crippen MR) is 61.2 cm³/mol. The molecule has 82 valence electrons. The van der Waals surface area contributed by atoms with Crippen molar-refractivity contribution in [3.05, 3.63) is 12.2 Å². The van der Waals surface area contributed by atoms with E-state index in [1.807, 2.05) is 6.08 Å². The summed E-state index contributed by atoms with van der Waals surface area (Å²) in [6, 6.07) is 0. The molecule has 14 heavy (non-hydrogen) atoms. The molecule has 1 fully saturated rings. The molecule has 1 nitrogen and oxygen atoms in total. The van der Waals surface area contributed by atoms with Gasteiger partial charge >= 0.3 is 0 Å². The Morgan fingerprint density at radius 3 is 2.64 bits per heavy atom. The lowest BCUT2D eigenvalue weighted by Crippen LogP contribution is -2.02. The van der Waals surface area contributed by atoms with Gasteiger partial charge in [0.25, 0.3) is 0 Å². The van der Waals surface area contributed by atoms with Crippen LogP contribution in [0.3, 0.4) is 0 Å². The second kappa shape index (κ2) is 7.05. The van der Waals surface area contributed by atoms with Crippen LogP contribution in [0.4, 0.5) is 0 Å². The number of allylic oxidation sites excluding steroid dienone is 1. The normalized spacial score (nSPS) is 20.7. The van der Waals surface area contributed by atoms with Gasteiger partial charge in [-0.25, -0.2) is 0 Å². The second-order valence-corrected chi connectivity index (χ2v) is 4.49. The summed E-state index contributed by atoms with van der Waals surface area (Å²) >= 11 is 0. The molecule has 1 aliphatic carbocycles. The highest BCUT2D eigenvalue weighted by atomic mass is 16.3. The lowest BCUT2D eigenvalue weighted by molar-refractivity contribution is 0.207. The number of aliphatic hydroxyl groups excluding tert-OH is 1. The van der Waals surface area contributed by atoms with Gasteiger partial charge in [0.15, 0.2) is 0 Å². The minimum atomic E-state index is -0.192. The molecule has 1 heteroatoms. The molecular formula is C13H24O. The zero-order chi connectivity index (χ0) is 10.2. The summed E-state index contributed by atoms with van der Waals surface area (Å²) in [6.45, 7) is 2.20. The Kier molecular flexibility index (Phi) is 5.93. The van der Waals surface area contributed by atoms with Crippen LogP contribution in [0.5, 0.6) is 0 Å². The Morgan fingerprint density at radius 2 is 2.00 bits per heavy atom. The molecule has 0 saturated heterocycles. The zero-order valence-electron chi connectivity index (χ0n) is 9.41. The van der Waals surface area contributed by atoms with Gasteiger partial charge in [-0.05, 0) is 25.2 Å². The summed E-state index contributed by atoms with van der Waals surface area (Å²) < 4.78 is 0. The van der Waals surface area contributed by atoms with E-state index in [4.69, 9.17) is 0 Å². The van der Waals surface area contributed by atoms with E-state index >= 15 is 0 Å². The largest absolute Gasteiger partial charge is 0.389 e. The average Bonchev–Trinajstić information content (AvgIpc) is 2.68. The van der Waals surface area contributed by atoms with Gasteiger partial charge in [0, 0.05) is 0 Å². The summed E-state index contributed by atoms with van der Waals surface area (Å²) in [4.78, 5) is 0. The van der Waals surface area contributed by atoms with Crippen LogP contribution >= 0.6 is 0 Å². The molecule has 1 aliphatic rings. The standard InChI is InChI=1S/C13H24O/c1-2-3-4-9-13(14)11-10-12-7-5-6-8-12/h10-14H,2-9H2,1H3. The van der Waals surface area contributed by atoms with Gasteiger partial charge in [0.2, 0.25) is 0 Å². The summed E-state index contributed by atoms with van der Waals surface area (Å²) in [5.41, 5.74) is 0. The maximum Gasteiger partial charge on any atom is 0.0721 e. The molecule has 0 amide bonds. The molecule has 0 aromatic carbocycles. The van der Waals surface area contributed by atoms with Gasteiger partial charge < -0.3 is 5.11 Å². The molecular weight excluding hydrogens is 172 g/mol. The number of hydrogen-bond donors (Lipinski definition) is 1. The van der Waals surface area contributed by atoms with Crippen molar-refractivity contribution in [1.29, 1.82) is 0 Å². The van der Waals surface area contributed by atoms with Crippen LogP contribution in [-0.2, 0) is 0 Å². The van der Waals surface area contributed by atoms with Crippen molar-refractivity contribution in [2.24, 2.45) is 5.92 Å². The molecule has 0 radical (unpaired) electrons. The van der Waals surface area contributed by atoms with E-state index in [2.05, 4.69) is 13.0 Å². The van der Waals surface area contributed by atoms with Crippen molar-refractivity contribution in [2.75, 3.05) is 0 Å². The third-order valence-corrected chi connectivity index (χ3v) is 3.11. The first-order valence-electron chi connectivity index (χ1n) is 6.19. The lowest BCUT2D eigenvalue weighted by Gasteiger charge is -2.06. The van der Waals surface area contributed by atoms with E-state index < -0.39 is 0 Å². The van der Waals surface area contributed by atoms with Crippen molar-refractivity contribution < 1.29 is 5.11 Å². The lowest BCUT2D eigenvalue weighted by atomic mass is 10.1. The van der Waals surface area contributed by atoms with Gasteiger partial charge in [-0.3, -0.25) is 0 Å². The minimum Gasteiger partial charge on any atom is -0.389 e. The molecule has 0 spiro atoms. The van der Waals surface area contributed by atoms with Gasteiger partial charge in [0.05, 0.1) is 6.10 Å². The maximum atomic E-state index is 9.65. The molecule has 1 atom stereocenters. The first kappa shape index (κ1) is 11.8. The molecule has 0 aromatic rings. The van der Waals surface area contributed by atoms with Gasteiger partial charge in [0.1, 0.15) is 0 Å². The Labute approximate surface area is 88.2 Å². The summed E-state index contributed by atoms with van der Waals surface area (Å²) in [5, 5.41) is 9.65. The number of hydrogen-bond acceptors (Lipinski definition) is 1. The van der Waals surface area contributed by atoms with E-state index in [-0.39, 0.29) is 6.10 Å². The quantitative estimate of drug-likeness (QED) is 0.507. The third-order valence-electron chi connectivity index (χ3n) is 3.11. The SMILES string of the molecule is CCCCCC(O)C=CC1CCCC1.